The first-order chi connectivity index (χ1) is 13.1. The topological polar surface area (TPSA) is 132 Å². The number of amides is 2. The largest absolute Gasteiger partial charge is 0.489 e. The van der Waals surface area contributed by atoms with Gasteiger partial charge in [-0.3, -0.25) is 5.32 Å². The third-order valence-electron chi connectivity index (χ3n) is 3.27. The van der Waals surface area contributed by atoms with Gasteiger partial charge in [0, 0.05) is 19.6 Å². The van der Waals surface area contributed by atoms with Gasteiger partial charge < -0.3 is 20.5 Å². The molecule has 0 saturated heterocycles. The van der Waals surface area contributed by atoms with Crippen LogP contribution in [0.15, 0.2) is 41.3 Å². The summed E-state index contributed by atoms with van der Waals surface area (Å²) >= 11 is 3.16. The number of hydrogen-bond donors (Lipinski definition) is 4. The zero-order valence-corrected chi connectivity index (χ0v) is 15.9. The van der Waals surface area contributed by atoms with Gasteiger partial charge >= 0.3 is 6.03 Å². The van der Waals surface area contributed by atoms with Gasteiger partial charge in [-0.1, -0.05) is 12.1 Å². The molecular formula is C17H19BrN6O3. The van der Waals surface area contributed by atoms with Gasteiger partial charge in [0.15, 0.2) is 5.82 Å². The van der Waals surface area contributed by atoms with Gasteiger partial charge in [0.25, 0.3) is 0 Å². The smallest absolute Gasteiger partial charge is 0.320 e. The molecule has 9 nitrogen and oxygen atoms in total. The van der Waals surface area contributed by atoms with Crippen molar-refractivity contribution in [1.82, 2.24) is 20.6 Å². The maximum atomic E-state index is 11.7. The summed E-state index contributed by atoms with van der Waals surface area (Å²) < 4.78 is 6.03. The summed E-state index contributed by atoms with van der Waals surface area (Å²) in [6, 6.07) is 8.47. The molecule has 0 aliphatic rings. The van der Waals surface area contributed by atoms with Crippen molar-refractivity contribution in [3.63, 3.8) is 0 Å². The van der Waals surface area contributed by atoms with Crippen LogP contribution in [0.1, 0.15) is 5.56 Å². The molecule has 0 saturated carbocycles. The quantitative estimate of drug-likeness (QED) is 0.436. The van der Waals surface area contributed by atoms with E-state index >= 15 is 0 Å². The minimum atomic E-state index is -0.747. The maximum Gasteiger partial charge on any atom is 0.320 e. The fourth-order valence-corrected chi connectivity index (χ4v) is 2.20. The number of aliphatic hydroxyl groups is 1. The highest BCUT2D eigenvalue weighted by atomic mass is 79.9. The van der Waals surface area contributed by atoms with E-state index in [1.165, 1.54) is 12.4 Å². The summed E-state index contributed by atoms with van der Waals surface area (Å²) in [6.45, 7) is 1.17. The highest BCUT2D eigenvalue weighted by Gasteiger charge is 2.08. The number of aromatic nitrogens is 2. The molecule has 0 unspecified atom stereocenters. The van der Waals surface area contributed by atoms with Crippen LogP contribution < -0.4 is 20.7 Å². The first kappa shape index (κ1) is 20.6. The van der Waals surface area contributed by atoms with E-state index in [0.717, 1.165) is 0 Å². The number of aliphatic hydroxyl groups excluding tert-OH is 1. The summed E-state index contributed by atoms with van der Waals surface area (Å²) in [6.07, 6.45) is 2.17. The molecule has 1 atom stereocenters. The molecule has 0 spiro atoms. The summed E-state index contributed by atoms with van der Waals surface area (Å²) in [5.41, 5.74) is 0.420. The Morgan fingerprint density at radius 2 is 2.11 bits per heavy atom. The molecule has 1 aromatic carbocycles. The number of anilines is 1. The van der Waals surface area contributed by atoms with E-state index < -0.39 is 12.1 Å². The molecule has 1 heterocycles. The molecule has 1 aromatic heterocycles. The number of para-hydroxylation sites is 1. The number of nitriles is 1. The lowest BCUT2D eigenvalue weighted by Gasteiger charge is -2.14. The molecule has 142 valence electrons. The highest BCUT2D eigenvalue weighted by molar-refractivity contribution is 9.10. The Hall–Kier alpha value is -2.74. The highest BCUT2D eigenvalue weighted by Crippen LogP contribution is 2.16. The number of nitrogens with one attached hydrogen (secondary N) is 3. The molecule has 2 aromatic rings. The van der Waals surface area contributed by atoms with Crippen LogP contribution in [0.2, 0.25) is 0 Å². The van der Waals surface area contributed by atoms with Gasteiger partial charge in [0.2, 0.25) is 0 Å². The Morgan fingerprint density at radius 3 is 2.85 bits per heavy atom. The zero-order chi connectivity index (χ0) is 19.5. The number of rotatable bonds is 9. The average molecular weight is 435 g/mol. The number of carbonyl (C=O) groups excluding carboxylic acids is 1. The molecule has 27 heavy (non-hydrogen) atoms. The zero-order valence-electron chi connectivity index (χ0n) is 14.4. The van der Waals surface area contributed by atoms with Crippen LogP contribution in [0.3, 0.4) is 0 Å². The third kappa shape index (κ3) is 7.57. The number of benzene rings is 1. The molecule has 10 heteroatoms. The van der Waals surface area contributed by atoms with Gasteiger partial charge in [0.05, 0.1) is 18.0 Å². The second kappa shape index (κ2) is 11.1. The number of urea groups is 1. The summed E-state index contributed by atoms with van der Waals surface area (Å²) in [4.78, 5) is 19.6. The lowest BCUT2D eigenvalue weighted by Crippen LogP contribution is -2.38. The predicted molar refractivity (Wildman–Crippen MR) is 102 cm³/mol. The van der Waals surface area contributed by atoms with Crippen LogP contribution >= 0.6 is 15.9 Å². The fraction of sp³-hybridized carbons (Fsp3) is 0.294. The number of nitrogens with zero attached hydrogens (tertiary/aromatic N) is 3. The van der Waals surface area contributed by atoms with E-state index in [-0.39, 0.29) is 13.2 Å². The van der Waals surface area contributed by atoms with Crippen molar-refractivity contribution < 1.29 is 14.6 Å². The molecule has 0 radical (unpaired) electrons. The van der Waals surface area contributed by atoms with E-state index in [9.17, 15) is 9.90 Å². The van der Waals surface area contributed by atoms with E-state index in [1.807, 2.05) is 6.07 Å². The van der Waals surface area contributed by atoms with Crippen molar-refractivity contribution in [2.75, 3.05) is 31.6 Å². The normalized spacial score (nSPS) is 11.3. The lowest BCUT2D eigenvalue weighted by atomic mass is 10.2. The van der Waals surface area contributed by atoms with Gasteiger partial charge in [-0.2, -0.15) is 5.26 Å². The number of hydrogen-bond acceptors (Lipinski definition) is 7. The molecule has 0 fully saturated rings. The van der Waals surface area contributed by atoms with E-state index in [2.05, 4.69) is 41.8 Å². The molecule has 0 aliphatic carbocycles. The molecular weight excluding hydrogens is 416 g/mol. The Morgan fingerprint density at radius 1 is 1.30 bits per heavy atom. The van der Waals surface area contributed by atoms with Crippen molar-refractivity contribution in [2.45, 2.75) is 6.10 Å². The minimum Gasteiger partial charge on any atom is -0.489 e. The Kier molecular flexibility index (Phi) is 8.44. The Bertz CT molecular complexity index is 781. The van der Waals surface area contributed by atoms with Crippen molar-refractivity contribution >= 4 is 27.8 Å². The van der Waals surface area contributed by atoms with E-state index in [4.69, 9.17) is 10.00 Å². The summed E-state index contributed by atoms with van der Waals surface area (Å²) in [5, 5.41) is 27.1. The standard InChI is InChI=1S/C17H19BrN6O3/c18-15-9-23-16(10-22-15)24-17(26)21-6-5-20-8-13(25)11-27-14-4-2-1-3-12(14)7-19/h1-4,9-10,13,20,25H,5-6,8,11H2,(H2,21,23,24,26)/t13-/m0/s1. The number of ether oxygens (including phenoxy) is 1. The Balaban J connectivity index is 1.57. The molecule has 2 rings (SSSR count). The van der Waals surface area contributed by atoms with Crippen molar-refractivity contribution in [2.24, 2.45) is 0 Å². The minimum absolute atomic E-state index is 0.0574. The molecule has 2 amide bonds. The summed E-state index contributed by atoms with van der Waals surface area (Å²) in [5.74, 6) is 0.780. The second-order valence-electron chi connectivity index (χ2n) is 5.38. The Labute approximate surface area is 164 Å². The first-order valence-corrected chi connectivity index (χ1v) is 8.91. The van der Waals surface area contributed by atoms with Crippen LogP contribution in [0.4, 0.5) is 10.6 Å². The van der Waals surface area contributed by atoms with Crippen LogP contribution in [0.5, 0.6) is 5.75 Å². The van der Waals surface area contributed by atoms with Crippen LogP contribution in [0.25, 0.3) is 0 Å². The van der Waals surface area contributed by atoms with E-state index in [0.29, 0.717) is 34.8 Å². The van der Waals surface area contributed by atoms with Crippen molar-refractivity contribution in [1.29, 1.82) is 5.26 Å². The lowest BCUT2D eigenvalue weighted by molar-refractivity contribution is 0.106. The van der Waals surface area contributed by atoms with Crippen LogP contribution in [0, 0.1) is 11.3 Å². The SMILES string of the molecule is N#Cc1ccccc1OC[C@@H](O)CNCCNC(=O)Nc1cnc(Br)cn1. The monoisotopic (exact) mass is 434 g/mol. The molecule has 4 N–H and O–H groups in total. The van der Waals surface area contributed by atoms with Crippen LogP contribution in [-0.4, -0.2) is 53.5 Å². The van der Waals surface area contributed by atoms with Gasteiger partial charge in [-0.25, -0.2) is 14.8 Å². The molecule has 0 bridgehead atoms. The van der Waals surface area contributed by atoms with Crippen LogP contribution in [-0.2, 0) is 0 Å². The maximum absolute atomic E-state index is 11.7. The van der Waals surface area contributed by atoms with Crippen molar-refractivity contribution in [3.05, 3.63) is 46.8 Å². The van der Waals surface area contributed by atoms with Crippen molar-refractivity contribution in [3.8, 4) is 11.8 Å². The molecule has 0 aliphatic heterocycles. The fourth-order valence-electron chi connectivity index (χ4n) is 2.00. The van der Waals surface area contributed by atoms with Gasteiger partial charge in [0.1, 0.15) is 29.1 Å². The third-order valence-corrected chi connectivity index (χ3v) is 3.68. The van der Waals surface area contributed by atoms with E-state index in [1.54, 1.807) is 24.3 Å². The second-order valence-corrected chi connectivity index (χ2v) is 6.19. The summed E-state index contributed by atoms with van der Waals surface area (Å²) in [7, 11) is 0. The number of carbonyl (C=O) groups is 1. The first-order valence-electron chi connectivity index (χ1n) is 8.11. The number of halogens is 1. The van der Waals surface area contributed by atoms with Gasteiger partial charge in [-0.05, 0) is 28.1 Å². The predicted octanol–water partition coefficient (Wildman–Crippen LogP) is 1.26. The average Bonchev–Trinajstić information content (AvgIpc) is 2.68. The van der Waals surface area contributed by atoms with Gasteiger partial charge in [-0.15, -0.1) is 0 Å².